The molecule has 0 unspecified atom stereocenters. The molecule has 2 N–H and O–H groups in total. The second kappa shape index (κ2) is 12.7. The molecule has 1 amide bonds. The molecular weight excluding hydrogens is 484 g/mol. The van der Waals surface area contributed by atoms with Gasteiger partial charge in [0.25, 0.3) is 0 Å². The van der Waals surface area contributed by atoms with Crippen molar-refractivity contribution in [2.24, 2.45) is 0 Å². The number of carbonyl (C=O) groups is 2. The molecule has 0 radical (unpaired) electrons. The maximum Gasteiger partial charge on any atom is 0.356 e. The Kier molecular flexibility index (Phi) is 8.94. The molecule has 0 aliphatic rings. The number of hydrogen-bond acceptors (Lipinski definition) is 7. The lowest BCUT2D eigenvalue weighted by atomic mass is 10.1. The van der Waals surface area contributed by atoms with Gasteiger partial charge in [0, 0.05) is 25.6 Å². The minimum absolute atomic E-state index is 0.162. The number of anilines is 2. The Labute approximate surface area is 221 Å². The largest absolute Gasteiger partial charge is 0.494 e. The third kappa shape index (κ3) is 6.30. The van der Waals surface area contributed by atoms with Crippen LogP contribution in [0.25, 0.3) is 11.0 Å². The number of rotatable bonds is 12. The van der Waals surface area contributed by atoms with Crippen molar-refractivity contribution in [1.82, 2.24) is 9.55 Å². The molecule has 0 saturated carbocycles. The van der Waals surface area contributed by atoms with E-state index in [1.165, 1.54) is 7.11 Å². The van der Waals surface area contributed by atoms with E-state index in [9.17, 15) is 9.59 Å². The summed E-state index contributed by atoms with van der Waals surface area (Å²) >= 11 is 0. The van der Waals surface area contributed by atoms with Crippen LogP contribution in [-0.2, 0) is 33.8 Å². The lowest BCUT2D eigenvalue weighted by Crippen LogP contribution is -2.19. The Morgan fingerprint density at radius 3 is 2.45 bits per heavy atom. The van der Waals surface area contributed by atoms with Crippen LogP contribution in [0.5, 0.6) is 5.75 Å². The molecular formula is C29H32N4O5. The summed E-state index contributed by atoms with van der Waals surface area (Å²) in [6.07, 6.45) is 1.87. The summed E-state index contributed by atoms with van der Waals surface area (Å²) < 4.78 is 17.6. The first-order valence-electron chi connectivity index (χ1n) is 12.4. The number of nitrogens with zero attached hydrogens (tertiary/aromatic N) is 2. The van der Waals surface area contributed by atoms with Crippen LogP contribution >= 0.6 is 0 Å². The van der Waals surface area contributed by atoms with Gasteiger partial charge in [0.05, 0.1) is 44.3 Å². The quantitative estimate of drug-likeness (QED) is 0.264. The van der Waals surface area contributed by atoms with E-state index in [1.54, 1.807) is 17.9 Å². The average Bonchev–Trinajstić information content (AvgIpc) is 3.23. The van der Waals surface area contributed by atoms with Crippen LogP contribution in [0.2, 0.25) is 0 Å². The highest BCUT2D eigenvalue weighted by molar-refractivity contribution is 6.11. The first-order valence-corrected chi connectivity index (χ1v) is 12.4. The number of aromatic nitrogens is 2. The number of fused-ring (bicyclic) bond motifs is 1. The van der Waals surface area contributed by atoms with E-state index in [4.69, 9.17) is 14.2 Å². The van der Waals surface area contributed by atoms with Crippen molar-refractivity contribution >= 4 is 34.3 Å². The molecule has 9 heteroatoms. The molecule has 0 spiro atoms. The molecule has 198 valence electrons. The van der Waals surface area contributed by atoms with Gasteiger partial charge in [-0.15, -0.1) is 0 Å². The van der Waals surface area contributed by atoms with Gasteiger partial charge in [-0.25, -0.2) is 9.78 Å². The Balaban J connectivity index is 1.67. The van der Waals surface area contributed by atoms with Gasteiger partial charge in [-0.3, -0.25) is 4.79 Å². The second-order valence-corrected chi connectivity index (χ2v) is 8.60. The standard InChI is InChI=1S/C29H32N4O5/c1-4-38-23-12-10-21(11-13-23)18-30-22-17-24-26(32-25(34)16-20-8-6-5-7-9-20)27(29(35)37-3)33(14-15-36-2)28(24)31-19-22/h5-13,17,19,30H,4,14-16,18H2,1-3H3,(H,32,34). The van der Waals surface area contributed by atoms with Gasteiger partial charge in [0.1, 0.15) is 11.4 Å². The van der Waals surface area contributed by atoms with E-state index in [0.717, 1.165) is 22.6 Å². The zero-order valence-electron chi connectivity index (χ0n) is 21.8. The molecule has 0 fully saturated rings. The lowest BCUT2D eigenvalue weighted by Gasteiger charge is -2.10. The van der Waals surface area contributed by atoms with E-state index in [-0.39, 0.29) is 18.0 Å². The molecule has 4 aromatic rings. The Hall–Kier alpha value is -4.37. The molecule has 0 atom stereocenters. The maximum atomic E-state index is 13.0. The molecule has 38 heavy (non-hydrogen) atoms. The first kappa shape index (κ1) is 26.7. The normalized spacial score (nSPS) is 10.8. The zero-order valence-corrected chi connectivity index (χ0v) is 21.8. The molecule has 2 aromatic carbocycles. The molecule has 2 aromatic heterocycles. The van der Waals surface area contributed by atoms with E-state index in [1.807, 2.05) is 67.6 Å². The Bertz CT molecular complexity index is 1380. The van der Waals surface area contributed by atoms with Gasteiger partial charge >= 0.3 is 5.97 Å². The van der Waals surface area contributed by atoms with Crippen molar-refractivity contribution in [3.05, 3.63) is 83.7 Å². The van der Waals surface area contributed by atoms with Crippen LogP contribution in [0.3, 0.4) is 0 Å². The van der Waals surface area contributed by atoms with Crippen LogP contribution in [0.1, 0.15) is 28.5 Å². The molecule has 4 rings (SSSR count). The summed E-state index contributed by atoms with van der Waals surface area (Å²) in [5, 5.41) is 6.95. The van der Waals surface area contributed by atoms with Crippen LogP contribution in [0.15, 0.2) is 66.9 Å². The van der Waals surface area contributed by atoms with Gasteiger partial charge < -0.3 is 29.4 Å². The van der Waals surface area contributed by atoms with Gasteiger partial charge in [-0.05, 0) is 36.2 Å². The first-order chi connectivity index (χ1) is 18.5. The van der Waals surface area contributed by atoms with Crippen molar-refractivity contribution in [3.63, 3.8) is 0 Å². The summed E-state index contributed by atoms with van der Waals surface area (Å²) in [6, 6.07) is 19.2. The number of methoxy groups -OCH3 is 2. The van der Waals surface area contributed by atoms with E-state index < -0.39 is 5.97 Å². The molecule has 0 saturated heterocycles. The average molecular weight is 517 g/mol. The summed E-state index contributed by atoms with van der Waals surface area (Å²) in [5.41, 5.74) is 3.80. The fourth-order valence-electron chi connectivity index (χ4n) is 4.20. The highest BCUT2D eigenvalue weighted by atomic mass is 16.5. The number of hydrogen-bond donors (Lipinski definition) is 2. The second-order valence-electron chi connectivity index (χ2n) is 8.60. The third-order valence-corrected chi connectivity index (χ3v) is 6.00. The number of amides is 1. The summed E-state index contributed by atoms with van der Waals surface area (Å²) in [7, 11) is 2.90. The lowest BCUT2D eigenvalue weighted by molar-refractivity contribution is -0.115. The highest BCUT2D eigenvalue weighted by Gasteiger charge is 2.26. The number of ether oxygens (including phenoxy) is 3. The molecule has 0 bridgehead atoms. The number of esters is 1. The molecule has 0 aliphatic heterocycles. The summed E-state index contributed by atoms with van der Waals surface area (Å²) in [6.45, 7) is 3.84. The van der Waals surface area contributed by atoms with Crippen molar-refractivity contribution < 1.29 is 23.8 Å². The van der Waals surface area contributed by atoms with Gasteiger partial charge in [-0.1, -0.05) is 42.5 Å². The van der Waals surface area contributed by atoms with Crippen LogP contribution in [-0.4, -0.2) is 48.9 Å². The molecule has 2 heterocycles. The third-order valence-electron chi connectivity index (χ3n) is 6.00. The minimum atomic E-state index is -0.571. The van der Waals surface area contributed by atoms with Gasteiger partial charge in [-0.2, -0.15) is 0 Å². The maximum absolute atomic E-state index is 13.0. The number of benzene rings is 2. The van der Waals surface area contributed by atoms with Crippen LogP contribution < -0.4 is 15.4 Å². The van der Waals surface area contributed by atoms with Crippen LogP contribution in [0.4, 0.5) is 11.4 Å². The van der Waals surface area contributed by atoms with Gasteiger partial charge in [0.2, 0.25) is 5.91 Å². The van der Waals surface area contributed by atoms with Crippen molar-refractivity contribution in [2.75, 3.05) is 38.1 Å². The number of pyridine rings is 1. The minimum Gasteiger partial charge on any atom is -0.494 e. The topological polar surface area (TPSA) is 104 Å². The zero-order chi connectivity index (χ0) is 26.9. The fraction of sp³-hybridized carbons (Fsp3) is 0.276. The predicted molar refractivity (Wildman–Crippen MR) is 147 cm³/mol. The number of carbonyl (C=O) groups excluding carboxylic acids is 2. The SMILES string of the molecule is CCOc1ccc(CNc2cnc3c(c2)c(NC(=O)Cc2ccccc2)c(C(=O)OC)n3CCOC)cc1. The highest BCUT2D eigenvalue weighted by Crippen LogP contribution is 2.33. The Morgan fingerprint density at radius 2 is 1.76 bits per heavy atom. The predicted octanol–water partition coefficient (Wildman–Crippen LogP) is 4.66. The summed E-state index contributed by atoms with van der Waals surface area (Å²) in [4.78, 5) is 30.6. The van der Waals surface area contributed by atoms with Crippen LogP contribution in [0, 0.1) is 0 Å². The Morgan fingerprint density at radius 1 is 1.00 bits per heavy atom. The van der Waals surface area contributed by atoms with Crippen molar-refractivity contribution in [3.8, 4) is 5.75 Å². The van der Waals surface area contributed by atoms with Gasteiger partial charge in [0.15, 0.2) is 5.69 Å². The fourth-order valence-corrected chi connectivity index (χ4v) is 4.20. The molecule has 9 nitrogen and oxygen atoms in total. The van der Waals surface area contributed by atoms with E-state index in [2.05, 4.69) is 15.6 Å². The number of nitrogens with one attached hydrogen (secondary N) is 2. The van der Waals surface area contributed by atoms with E-state index in [0.29, 0.717) is 43.0 Å². The van der Waals surface area contributed by atoms with E-state index >= 15 is 0 Å². The van der Waals surface area contributed by atoms with Crippen molar-refractivity contribution in [2.45, 2.75) is 26.4 Å². The molecule has 0 aliphatic carbocycles. The monoisotopic (exact) mass is 516 g/mol. The summed E-state index contributed by atoms with van der Waals surface area (Å²) in [5.74, 6) is 0.000802. The smallest absolute Gasteiger partial charge is 0.356 e. The van der Waals surface area contributed by atoms with Crippen molar-refractivity contribution in [1.29, 1.82) is 0 Å².